The van der Waals surface area contributed by atoms with Crippen LogP contribution in [0.3, 0.4) is 0 Å². The highest BCUT2D eigenvalue weighted by Gasteiger charge is 2.43. The Morgan fingerprint density at radius 3 is 2.20 bits per heavy atom. The molecule has 2 aromatic heterocycles. The maximum atomic E-state index is 6.80. The summed E-state index contributed by atoms with van der Waals surface area (Å²) in [6.07, 6.45) is 4.58. The standard InChI is InChI=1S/C42H34N2O/c1-25-26(2)45-41-35(25)37-38(42(3,4)33-19-13-23-43-39(33)37)36-31-18-11-12-20-34(31)44(40(36)41)29-21-22-30(27-14-7-5-8-15-27)32(24-29)28-16-9-6-10-17-28/h5-22,24,43H,23H2,1-4H3. The lowest BCUT2D eigenvalue weighted by molar-refractivity contribution is 0.576. The number of fused-ring (bicyclic) bond motifs is 9. The van der Waals surface area contributed by atoms with Gasteiger partial charge in [-0.25, -0.2) is 0 Å². The number of hydrogen-bond donors (Lipinski definition) is 1. The lowest BCUT2D eigenvalue weighted by atomic mass is 9.78. The number of allylic oxidation sites excluding steroid dienone is 2. The summed E-state index contributed by atoms with van der Waals surface area (Å²) in [4.78, 5) is 0. The SMILES string of the molecule is Cc1oc2c(c1C)c1c(c3c4ccccc4n(-c4ccc(-c5ccccc5)c(-c5ccccc5)c4)c23)C(C)(C)C2=C1NCC=C2. The van der Waals surface area contributed by atoms with E-state index in [0.717, 1.165) is 29.1 Å². The molecule has 0 atom stereocenters. The summed E-state index contributed by atoms with van der Waals surface area (Å²) in [5, 5.41) is 7.53. The van der Waals surface area contributed by atoms with E-state index in [-0.39, 0.29) is 5.41 Å². The van der Waals surface area contributed by atoms with Crippen molar-refractivity contribution in [3.63, 3.8) is 0 Å². The molecule has 0 unspecified atom stereocenters. The molecule has 5 aromatic carbocycles. The molecular formula is C42H34N2O. The van der Waals surface area contributed by atoms with Crippen molar-refractivity contribution in [2.75, 3.05) is 6.54 Å². The molecule has 0 amide bonds. The third-order valence-electron chi connectivity index (χ3n) is 10.2. The van der Waals surface area contributed by atoms with Crippen LogP contribution in [0.25, 0.3) is 66.4 Å². The lowest BCUT2D eigenvalue weighted by Crippen LogP contribution is -2.20. The van der Waals surface area contributed by atoms with E-state index in [9.17, 15) is 0 Å². The van der Waals surface area contributed by atoms with Gasteiger partial charge in [0.15, 0.2) is 5.58 Å². The molecule has 7 aromatic rings. The Balaban J connectivity index is 1.45. The number of nitrogens with one attached hydrogen (secondary N) is 1. The molecule has 2 aliphatic rings. The first-order chi connectivity index (χ1) is 21.9. The first-order valence-corrected chi connectivity index (χ1v) is 15.8. The van der Waals surface area contributed by atoms with Crippen LogP contribution in [0.4, 0.5) is 0 Å². The molecule has 0 bridgehead atoms. The van der Waals surface area contributed by atoms with E-state index in [2.05, 4.69) is 153 Å². The van der Waals surface area contributed by atoms with E-state index in [0.29, 0.717) is 0 Å². The summed E-state index contributed by atoms with van der Waals surface area (Å²) in [7, 11) is 0. The molecular weight excluding hydrogens is 548 g/mol. The van der Waals surface area contributed by atoms with Gasteiger partial charge in [0.05, 0.1) is 11.0 Å². The smallest absolute Gasteiger partial charge is 0.159 e. The minimum Gasteiger partial charge on any atom is -0.459 e. The van der Waals surface area contributed by atoms with E-state index in [1.54, 1.807) is 0 Å². The molecule has 3 heterocycles. The minimum atomic E-state index is -0.181. The highest BCUT2D eigenvalue weighted by atomic mass is 16.3. The molecule has 1 N–H and O–H groups in total. The Morgan fingerprint density at radius 2 is 1.44 bits per heavy atom. The summed E-state index contributed by atoms with van der Waals surface area (Å²) in [5.74, 6) is 0.971. The van der Waals surface area contributed by atoms with Crippen molar-refractivity contribution in [3.8, 4) is 27.9 Å². The van der Waals surface area contributed by atoms with Gasteiger partial charge >= 0.3 is 0 Å². The Kier molecular flexibility index (Phi) is 5.44. The van der Waals surface area contributed by atoms with Crippen LogP contribution in [-0.2, 0) is 5.41 Å². The van der Waals surface area contributed by atoms with Crippen molar-refractivity contribution < 1.29 is 4.42 Å². The molecule has 1 aliphatic heterocycles. The van der Waals surface area contributed by atoms with Crippen LogP contribution in [0.15, 0.2) is 125 Å². The van der Waals surface area contributed by atoms with Crippen LogP contribution in [0.5, 0.6) is 0 Å². The molecule has 3 nitrogen and oxygen atoms in total. The number of benzene rings is 5. The first kappa shape index (κ1) is 26.2. The molecule has 0 radical (unpaired) electrons. The van der Waals surface area contributed by atoms with Crippen molar-refractivity contribution in [1.29, 1.82) is 0 Å². The Hall–Kier alpha value is -5.28. The topological polar surface area (TPSA) is 30.1 Å². The van der Waals surface area contributed by atoms with E-state index in [1.165, 1.54) is 71.9 Å². The van der Waals surface area contributed by atoms with Gasteiger partial charge in [-0.2, -0.15) is 0 Å². The van der Waals surface area contributed by atoms with Gasteiger partial charge in [0.1, 0.15) is 5.76 Å². The maximum Gasteiger partial charge on any atom is 0.159 e. The van der Waals surface area contributed by atoms with Gasteiger partial charge < -0.3 is 14.3 Å². The van der Waals surface area contributed by atoms with Gasteiger partial charge in [0.2, 0.25) is 0 Å². The molecule has 3 heteroatoms. The lowest BCUT2D eigenvalue weighted by Gasteiger charge is -2.25. The number of dihydropyridines is 1. The first-order valence-electron chi connectivity index (χ1n) is 15.8. The zero-order chi connectivity index (χ0) is 30.4. The van der Waals surface area contributed by atoms with Crippen LogP contribution in [-0.4, -0.2) is 11.1 Å². The van der Waals surface area contributed by atoms with Crippen molar-refractivity contribution in [2.24, 2.45) is 0 Å². The number of hydrogen-bond acceptors (Lipinski definition) is 2. The summed E-state index contributed by atoms with van der Waals surface area (Å²) in [5.41, 5.74) is 15.6. The van der Waals surface area contributed by atoms with Gasteiger partial charge in [0, 0.05) is 45.1 Å². The summed E-state index contributed by atoms with van der Waals surface area (Å²) in [6, 6.07) is 37.3. The van der Waals surface area contributed by atoms with E-state index in [4.69, 9.17) is 4.42 Å². The van der Waals surface area contributed by atoms with Crippen molar-refractivity contribution in [3.05, 3.63) is 143 Å². The fourth-order valence-corrected chi connectivity index (χ4v) is 7.99. The summed E-state index contributed by atoms with van der Waals surface area (Å²) in [6.45, 7) is 9.92. The predicted molar refractivity (Wildman–Crippen MR) is 188 cm³/mol. The highest BCUT2D eigenvalue weighted by molar-refractivity contribution is 6.23. The number of rotatable bonds is 3. The van der Waals surface area contributed by atoms with Crippen LogP contribution in [0.1, 0.15) is 36.3 Å². The molecule has 0 saturated heterocycles. The van der Waals surface area contributed by atoms with E-state index in [1.807, 2.05) is 0 Å². The summed E-state index contributed by atoms with van der Waals surface area (Å²) < 4.78 is 9.25. The third-order valence-corrected chi connectivity index (χ3v) is 10.2. The minimum absolute atomic E-state index is 0.181. The average molecular weight is 583 g/mol. The van der Waals surface area contributed by atoms with Gasteiger partial charge in [-0.1, -0.05) is 111 Å². The van der Waals surface area contributed by atoms with E-state index < -0.39 is 0 Å². The van der Waals surface area contributed by atoms with Crippen LogP contribution in [0.2, 0.25) is 0 Å². The van der Waals surface area contributed by atoms with Gasteiger partial charge in [-0.15, -0.1) is 0 Å². The monoisotopic (exact) mass is 582 g/mol. The van der Waals surface area contributed by atoms with Crippen LogP contribution in [0, 0.1) is 13.8 Å². The third kappa shape index (κ3) is 3.52. The normalized spacial score (nSPS) is 15.2. The fraction of sp³-hybridized carbons (Fsp3) is 0.143. The van der Waals surface area contributed by atoms with Gasteiger partial charge in [-0.05, 0) is 71.0 Å². The zero-order valence-corrected chi connectivity index (χ0v) is 26.0. The molecule has 1 aliphatic carbocycles. The molecule has 0 saturated carbocycles. The van der Waals surface area contributed by atoms with Crippen LogP contribution < -0.4 is 5.32 Å². The molecule has 0 spiro atoms. The highest BCUT2D eigenvalue weighted by Crippen LogP contribution is 2.56. The number of aryl methyl sites for hydroxylation is 2. The molecule has 218 valence electrons. The van der Waals surface area contributed by atoms with Crippen molar-refractivity contribution >= 4 is 38.5 Å². The Morgan fingerprint density at radius 1 is 0.756 bits per heavy atom. The molecule has 9 rings (SSSR count). The quantitative estimate of drug-likeness (QED) is 0.225. The Bertz CT molecular complexity index is 2400. The molecule has 0 fully saturated rings. The van der Waals surface area contributed by atoms with Crippen LogP contribution >= 0.6 is 0 Å². The summed E-state index contributed by atoms with van der Waals surface area (Å²) >= 11 is 0. The predicted octanol–water partition coefficient (Wildman–Crippen LogP) is 10.6. The number of furan rings is 1. The zero-order valence-electron chi connectivity index (χ0n) is 26.0. The second kappa shape index (κ2) is 9.36. The number of nitrogens with zero attached hydrogens (tertiary/aromatic N) is 1. The fourth-order valence-electron chi connectivity index (χ4n) is 7.99. The van der Waals surface area contributed by atoms with Crippen molar-refractivity contribution in [1.82, 2.24) is 9.88 Å². The second-order valence-electron chi connectivity index (χ2n) is 13.0. The van der Waals surface area contributed by atoms with Crippen molar-refractivity contribution in [2.45, 2.75) is 33.1 Å². The number of aromatic nitrogens is 1. The number of para-hydroxylation sites is 1. The molecule has 45 heavy (non-hydrogen) atoms. The average Bonchev–Trinajstić information content (AvgIpc) is 3.66. The van der Waals surface area contributed by atoms with Gasteiger partial charge in [-0.3, -0.25) is 0 Å². The second-order valence-corrected chi connectivity index (χ2v) is 13.0. The maximum absolute atomic E-state index is 6.80. The van der Waals surface area contributed by atoms with E-state index >= 15 is 0 Å². The van der Waals surface area contributed by atoms with Gasteiger partial charge in [0.25, 0.3) is 0 Å². The Labute approximate surface area is 263 Å². The largest absolute Gasteiger partial charge is 0.459 e.